The Morgan fingerprint density at radius 3 is 2.50 bits per heavy atom. The molecule has 0 aromatic rings. The minimum Gasteiger partial charge on any atom is -0.327 e. The Hall–Kier alpha value is -0.700. The number of nitrogens with two attached hydrogens (primary N) is 1. The van der Waals surface area contributed by atoms with Crippen molar-refractivity contribution >= 4 is 0 Å². The highest BCUT2D eigenvalue weighted by molar-refractivity contribution is 5.19. The summed E-state index contributed by atoms with van der Waals surface area (Å²) in [6, 6.07) is 0. The van der Waals surface area contributed by atoms with Crippen LogP contribution in [-0.2, 0) is 0 Å². The normalized spacial score (nSPS) is 12.2. The fraction of sp³-hybridized carbons (Fsp3) is 0.556. The maximum atomic E-state index is 11.8. The third kappa shape index (κ3) is 6.04. The number of hydrogen-bond acceptors (Lipinski definition) is 1. The maximum Gasteiger partial charge on any atom is 0.238 e. The summed E-state index contributed by atoms with van der Waals surface area (Å²) in [5.74, 6) is 0. The molecule has 0 bridgehead atoms. The summed E-state index contributed by atoms with van der Waals surface area (Å²) in [4.78, 5) is 0. The van der Waals surface area contributed by atoms with Crippen LogP contribution in [0.5, 0.6) is 0 Å². The highest BCUT2D eigenvalue weighted by Crippen LogP contribution is 2.11. The van der Waals surface area contributed by atoms with Crippen molar-refractivity contribution in [2.75, 3.05) is 6.54 Å². The summed E-state index contributed by atoms with van der Waals surface area (Å²) in [7, 11) is 0. The first-order chi connectivity index (χ1) is 5.56. The van der Waals surface area contributed by atoms with E-state index in [1.807, 2.05) is 6.92 Å². The third-order valence-electron chi connectivity index (χ3n) is 1.40. The van der Waals surface area contributed by atoms with Gasteiger partial charge in [-0.1, -0.05) is 23.8 Å². The maximum absolute atomic E-state index is 11.8. The molecule has 3 heteroatoms. The summed E-state index contributed by atoms with van der Waals surface area (Å²) in [6.07, 6.45) is -0.232. The number of rotatable bonds is 5. The van der Waals surface area contributed by atoms with Gasteiger partial charge in [-0.3, -0.25) is 0 Å². The van der Waals surface area contributed by atoms with Gasteiger partial charge in [0, 0.05) is 13.0 Å². The molecule has 2 N–H and O–H groups in total. The molecule has 0 unspecified atom stereocenters. The lowest BCUT2D eigenvalue weighted by molar-refractivity contribution is 0.138. The van der Waals surface area contributed by atoms with Gasteiger partial charge in [0.25, 0.3) is 0 Å². The van der Waals surface area contributed by atoms with Crippen molar-refractivity contribution in [3.05, 3.63) is 23.8 Å². The Balaban J connectivity index is 3.91. The average molecular weight is 175 g/mol. The lowest BCUT2D eigenvalue weighted by Gasteiger charge is -2.03. The summed E-state index contributed by atoms with van der Waals surface area (Å²) < 4.78 is 23.6. The standard InChI is InChI=1S/C9H15F2N/c1-7(2)5-8(6-12)3-4-9(10)11/h5,9H,1,3-4,6,12H2,2H3/b8-5+. The molecule has 1 nitrogen and oxygen atoms in total. The molecule has 0 atom stereocenters. The van der Waals surface area contributed by atoms with E-state index in [1.54, 1.807) is 6.08 Å². The molecule has 0 aliphatic heterocycles. The van der Waals surface area contributed by atoms with E-state index in [1.165, 1.54) is 0 Å². The van der Waals surface area contributed by atoms with Crippen molar-refractivity contribution in [1.29, 1.82) is 0 Å². The van der Waals surface area contributed by atoms with E-state index in [0.29, 0.717) is 13.0 Å². The van der Waals surface area contributed by atoms with E-state index in [-0.39, 0.29) is 6.42 Å². The van der Waals surface area contributed by atoms with Gasteiger partial charge >= 0.3 is 0 Å². The van der Waals surface area contributed by atoms with Crippen molar-refractivity contribution < 1.29 is 8.78 Å². The van der Waals surface area contributed by atoms with E-state index >= 15 is 0 Å². The van der Waals surface area contributed by atoms with Gasteiger partial charge in [0.2, 0.25) is 6.43 Å². The van der Waals surface area contributed by atoms with Crippen LogP contribution in [-0.4, -0.2) is 13.0 Å². The Bertz CT molecular complexity index is 173. The molecule has 12 heavy (non-hydrogen) atoms. The van der Waals surface area contributed by atoms with Gasteiger partial charge in [-0.05, 0) is 13.3 Å². The quantitative estimate of drug-likeness (QED) is 0.638. The smallest absolute Gasteiger partial charge is 0.238 e. The van der Waals surface area contributed by atoms with Gasteiger partial charge in [-0.2, -0.15) is 0 Å². The molecule has 0 radical (unpaired) electrons. The second-order valence-corrected chi connectivity index (χ2v) is 2.78. The summed E-state index contributed by atoms with van der Waals surface area (Å²) in [5, 5.41) is 0. The zero-order valence-electron chi connectivity index (χ0n) is 7.32. The van der Waals surface area contributed by atoms with Crippen molar-refractivity contribution in [2.45, 2.75) is 26.2 Å². The van der Waals surface area contributed by atoms with Gasteiger partial charge < -0.3 is 5.73 Å². The van der Waals surface area contributed by atoms with Crippen molar-refractivity contribution in [2.24, 2.45) is 5.73 Å². The van der Waals surface area contributed by atoms with Crippen LogP contribution >= 0.6 is 0 Å². The first-order valence-corrected chi connectivity index (χ1v) is 3.89. The molecular formula is C9H15F2N. The molecule has 0 aliphatic carbocycles. The first-order valence-electron chi connectivity index (χ1n) is 3.89. The van der Waals surface area contributed by atoms with E-state index in [2.05, 4.69) is 6.58 Å². The summed E-state index contributed by atoms with van der Waals surface area (Å²) in [6.45, 7) is 5.80. The monoisotopic (exact) mass is 175 g/mol. The third-order valence-corrected chi connectivity index (χ3v) is 1.40. The molecule has 0 aliphatic rings. The van der Waals surface area contributed by atoms with Crippen LogP contribution in [0.4, 0.5) is 8.78 Å². The Morgan fingerprint density at radius 1 is 1.58 bits per heavy atom. The van der Waals surface area contributed by atoms with E-state index in [4.69, 9.17) is 5.73 Å². The summed E-state index contributed by atoms with van der Waals surface area (Å²) in [5.41, 5.74) is 7.04. The molecule has 70 valence electrons. The van der Waals surface area contributed by atoms with Crippen molar-refractivity contribution in [1.82, 2.24) is 0 Å². The van der Waals surface area contributed by atoms with Gasteiger partial charge in [-0.15, -0.1) is 0 Å². The first kappa shape index (κ1) is 11.3. The van der Waals surface area contributed by atoms with Gasteiger partial charge in [0.1, 0.15) is 0 Å². The van der Waals surface area contributed by atoms with Crippen LogP contribution in [0.3, 0.4) is 0 Å². The van der Waals surface area contributed by atoms with Gasteiger partial charge in [0.05, 0.1) is 0 Å². The number of halogens is 2. The predicted octanol–water partition coefficient (Wildman–Crippen LogP) is 2.49. The topological polar surface area (TPSA) is 26.0 Å². The SMILES string of the molecule is C=C(C)/C=C(/CN)CCC(F)F. The van der Waals surface area contributed by atoms with Crippen LogP contribution in [0.2, 0.25) is 0 Å². The van der Waals surface area contributed by atoms with Gasteiger partial charge in [-0.25, -0.2) is 8.78 Å². The average Bonchev–Trinajstić information content (AvgIpc) is 1.97. The van der Waals surface area contributed by atoms with E-state index in [0.717, 1.165) is 11.1 Å². The van der Waals surface area contributed by atoms with Crippen molar-refractivity contribution in [3.63, 3.8) is 0 Å². The molecule has 0 rings (SSSR count). The zero-order valence-corrected chi connectivity index (χ0v) is 7.32. The second-order valence-electron chi connectivity index (χ2n) is 2.78. The van der Waals surface area contributed by atoms with Crippen LogP contribution in [0, 0.1) is 0 Å². The fourth-order valence-electron chi connectivity index (χ4n) is 0.876. The number of allylic oxidation sites excluding steroid dienone is 2. The zero-order chi connectivity index (χ0) is 9.56. The highest BCUT2D eigenvalue weighted by Gasteiger charge is 2.03. The Labute approximate surface area is 72.0 Å². The highest BCUT2D eigenvalue weighted by atomic mass is 19.3. The molecular weight excluding hydrogens is 160 g/mol. The van der Waals surface area contributed by atoms with Crippen LogP contribution in [0.25, 0.3) is 0 Å². The van der Waals surface area contributed by atoms with Crippen molar-refractivity contribution in [3.8, 4) is 0 Å². The molecule has 0 aromatic carbocycles. The Kier molecular flexibility index (Phi) is 5.54. The predicted molar refractivity (Wildman–Crippen MR) is 47.2 cm³/mol. The molecule has 0 fully saturated rings. The Morgan fingerprint density at radius 2 is 2.17 bits per heavy atom. The van der Waals surface area contributed by atoms with E-state index < -0.39 is 6.43 Å². The number of alkyl halides is 2. The minimum absolute atomic E-state index is 0.115. The molecule has 0 heterocycles. The number of hydrogen-bond donors (Lipinski definition) is 1. The minimum atomic E-state index is -2.25. The lowest BCUT2D eigenvalue weighted by Crippen LogP contribution is -2.05. The van der Waals surface area contributed by atoms with Gasteiger partial charge in [0.15, 0.2) is 0 Å². The molecule has 0 aromatic heterocycles. The van der Waals surface area contributed by atoms with Crippen LogP contribution in [0.15, 0.2) is 23.8 Å². The fourth-order valence-corrected chi connectivity index (χ4v) is 0.876. The molecule has 0 saturated heterocycles. The van der Waals surface area contributed by atoms with Crippen LogP contribution in [0.1, 0.15) is 19.8 Å². The van der Waals surface area contributed by atoms with Crippen LogP contribution < -0.4 is 5.73 Å². The lowest BCUT2D eigenvalue weighted by atomic mass is 10.1. The largest absolute Gasteiger partial charge is 0.327 e. The summed E-state index contributed by atoms with van der Waals surface area (Å²) >= 11 is 0. The molecule has 0 amide bonds. The molecule has 0 spiro atoms. The van der Waals surface area contributed by atoms with E-state index in [9.17, 15) is 8.78 Å². The second kappa shape index (κ2) is 5.89. The molecule has 0 saturated carbocycles.